The third-order valence-corrected chi connectivity index (χ3v) is 3.34. The Balaban J connectivity index is 1.97. The van der Waals surface area contributed by atoms with Gasteiger partial charge in [-0.3, -0.25) is 9.59 Å². The van der Waals surface area contributed by atoms with E-state index >= 15 is 0 Å². The molecule has 2 aromatic carbocycles. The molecule has 0 spiro atoms. The lowest BCUT2D eigenvalue weighted by atomic mass is 10.1. The molecule has 0 fully saturated rings. The van der Waals surface area contributed by atoms with E-state index in [1.54, 1.807) is 12.1 Å². The Labute approximate surface area is 157 Å². The molecule has 7 nitrogen and oxygen atoms in total. The van der Waals surface area contributed by atoms with Gasteiger partial charge in [-0.05, 0) is 35.9 Å². The van der Waals surface area contributed by atoms with Crippen molar-refractivity contribution in [3.8, 4) is 0 Å². The number of carbonyl (C=O) groups excluding carboxylic acids is 3. The van der Waals surface area contributed by atoms with Crippen molar-refractivity contribution in [1.82, 2.24) is 5.43 Å². The van der Waals surface area contributed by atoms with Crippen LogP contribution in [0.4, 0.5) is 18.9 Å². The number of ether oxygens (including phenoxy) is 1. The minimum absolute atomic E-state index is 0.190. The van der Waals surface area contributed by atoms with Gasteiger partial charge in [0.15, 0.2) is 0 Å². The lowest BCUT2D eigenvalue weighted by Gasteiger charge is -2.09. The van der Waals surface area contributed by atoms with E-state index in [0.29, 0.717) is 11.6 Å². The van der Waals surface area contributed by atoms with Crippen LogP contribution < -0.4 is 10.7 Å². The van der Waals surface area contributed by atoms with Crippen LogP contribution in [0.1, 0.15) is 21.5 Å². The number of anilines is 1. The maximum absolute atomic E-state index is 12.7. The summed E-state index contributed by atoms with van der Waals surface area (Å²) >= 11 is 0. The van der Waals surface area contributed by atoms with Gasteiger partial charge in [0.1, 0.15) is 0 Å². The Hall–Kier alpha value is -3.69. The molecular formula is C18H14F3N3O4. The first-order chi connectivity index (χ1) is 13.2. The molecular weight excluding hydrogens is 379 g/mol. The summed E-state index contributed by atoms with van der Waals surface area (Å²) in [4.78, 5) is 34.9. The van der Waals surface area contributed by atoms with Crippen LogP contribution in [0, 0.1) is 0 Å². The summed E-state index contributed by atoms with van der Waals surface area (Å²) in [5.41, 5.74) is 1.49. The Kier molecular flexibility index (Phi) is 6.48. The van der Waals surface area contributed by atoms with Crippen LogP contribution in [0.15, 0.2) is 53.6 Å². The van der Waals surface area contributed by atoms with E-state index in [0.717, 1.165) is 12.1 Å². The van der Waals surface area contributed by atoms with Crippen molar-refractivity contribution >= 4 is 29.7 Å². The van der Waals surface area contributed by atoms with Gasteiger partial charge in [-0.25, -0.2) is 10.2 Å². The highest BCUT2D eigenvalue weighted by molar-refractivity contribution is 6.39. The predicted octanol–water partition coefficient (Wildman–Crippen LogP) is 2.58. The Morgan fingerprint density at radius 1 is 1.04 bits per heavy atom. The van der Waals surface area contributed by atoms with Crippen molar-refractivity contribution in [2.24, 2.45) is 5.10 Å². The maximum Gasteiger partial charge on any atom is 0.416 e. The van der Waals surface area contributed by atoms with Crippen molar-refractivity contribution in [1.29, 1.82) is 0 Å². The quantitative estimate of drug-likeness (QED) is 0.361. The highest BCUT2D eigenvalue weighted by Crippen LogP contribution is 2.30. The molecule has 10 heteroatoms. The van der Waals surface area contributed by atoms with Crippen LogP contribution in [0.25, 0.3) is 0 Å². The summed E-state index contributed by atoms with van der Waals surface area (Å²) in [6, 6.07) is 9.97. The van der Waals surface area contributed by atoms with E-state index in [1.165, 1.54) is 31.5 Å². The number of hydrazone groups is 1. The normalized spacial score (nSPS) is 11.1. The van der Waals surface area contributed by atoms with Gasteiger partial charge in [0.2, 0.25) is 0 Å². The summed E-state index contributed by atoms with van der Waals surface area (Å²) < 4.78 is 42.5. The molecule has 0 aliphatic heterocycles. The number of hydrogen-bond acceptors (Lipinski definition) is 5. The van der Waals surface area contributed by atoms with Gasteiger partial charge in [-0.2, -0.15) is 18.3 Å². The second-order valence-electron chi connectivity index (χ2n) is 5.35. The molecule has 0 aliphatic rings. The fraction of sp³-hybridized carbons (Fsp3) is 0.111. The molecule has 0 radical (unpaired) electrons. The van der Waals surface area contributed by atoms with Crippen molar-refractivity contribution in [2.45, 2.75) is 6.18 Å². The van der Waals surface area contributed by atoms with E-state index in [2.05, 4.69) is 9.84 Å². The highest BCUT2D eigenvalue weighted by atomic mass is 19.4. The molecule has 0 heterocycles. The van der Waals surface area contributed by atoms with Crippen molar-refractivity contribution in [3.63, 3.8) is 0 Å². The van der Waals surface area contributed by atoms with Crippen molar-refractivity contribution in [3.05, 3.63) is 65.2 Å². The van der Waals surface area contributed by atoms with Crippen LogP contribution in [-0.4, -0.2) is 31.1 Å². The molecule has 0 saturated heterocycles. The number of benzene rings is 2. The first-order valence-corrected chi connectivity index (χ1v) is 7.70. The SMILES string of the molecule is COC(=O)c1cccc(C=NNC(=O)C(=O)Nc2cccc(C(F)(F)F)c2)c1. The second-order valence-corrected chi connectivity index (χ2v) is 5.35. The Morgan fingerprint density at radius 3 is 2.43 bits per heavy atom. The summed E-state index contributed by atoms with van der Waals surface area (Å²) in [6.45, 7) is 0. The smallest absolute Gasteiger partial charge is 0.416 e. The lowest BCUT2D eigenvalue weighted by Crippen LogP contribution is -2.32. The van der Waals surface area contributed by atoms with Gasteiger partial charge in [0.05, 0.1) is 24.5 Å². The number of hydrogen-bond donors (Lipinski definition) is 2. The number of nitrogens with one attached hydrogen (secondary N) is 2. The van der Waals surface area contributed by atoms with E-state index < -0.39 is 29.5 Å². The average Bonchev–Trinajstić information content (AvgIpc) is 2.67. The molecule has 0 bridgehead atoms. The third-order valence-electron chi connectivity index (χ3n) is 3.34. The minimum atomic E-state index is -4.58. The number of rotatable bonds is 4. The number of halogens is 3. The number of esters is 1. The van der Waals surface area contributed by atoms with Crippen molar-refractivity contribution in [2.75, 3.05) is 12.4 Å². The van der Waals surface area contributed by atoms with Crippen LogP contribution in [-0.2, 0) is 20.5 Å². The molecule has 2 rings (SSSR count). The standard InChI is InChI=1S/C18H14F3N3O4/c1-28-17(27)12-5-2-4-11(8-12)10-22-24-16(26)15(25)23-14-7-3-6-13(9-14)18(19,20)21/h2-10H,1H3,(H,23,25)(H,24,26). The van der Waals surface area contributed by atoms with Gasteiger partial charge >= 0.3 is 24.0 Å². The lowest BCUT2D eigenvalue weighted by molar-refractivity contribution is -0.137. The molecule has 146 valence electrons. The largest absolute Gasteiger partial charge is 0.465 e. The zero-order valence-corrected chi connectivity index (χ0v) is 14.4. The first-order valence-electron chi connectivity index (χ1n) is 7.70. The predicted molar refractivity (Wildman–Crippen MR) is 93.6 cm³/mol. The maximum atomic E-state index is 12.7. The minimum Gasteiger partial charge on any atom is -0.465 e. The van der Waals surface area contributed by atoms with Gasteiger partial charge < -0.3 is 10.1 Å². The number of nitrogens with zero attached hydrogens (tertiary/aromatic N) is 1. The molecule has 28 heavy (non-hydrogen) atoms. The topological polar surface area (TPSA) is 96.9 Å². The van der Waals surface area contributed by atoms with Crippen LogP contribution >= 0.6 is 0 Å². The van der Waals surface area contributed by atoms with E-state index in [1.807, 2.05) is 10.7 Å². The van der Waals surface area contributed by atoms with Crippen LogP contribution in [0.2, 0.25) is 0 Å². The van der Waals surface area contributed by atoms with Crippen molar-refractivity contribution < 1.29 is 32.3 Å². The molecule has 0 aromatic heterocycles. The number of amides is 2. The average molecular weight is 393 g/mol. The summed E-state index contributed by atoms with van der Waals surface area (Å²) in [5, 5.41) is 5.62. The molecule has 0 saturated carbocycles. The summed E-state index contributed by atoms with van der Waals surface area (Å²) in [5.74, 6) is -2.93. The molecule has 0 aliphatic carbocycles. The fourth-order valence-electron chi connectivity index (χ4n) is 2.04. The zero-order chi connectivity index (χ0) is 20.7. The number of carbonyl (C=O) groups is 3. The molecule has 2 amide bonds. The Bertz CT molecular complexity index is 926. The van der Waals surface area contributed by atoms with E-state index in [9.17, 15) is 27.6 Å². The summed E-state index contributed by atoms with van der Waals surface area (Å²) in [7, 11) is 1.23. The molecule has 2 N–H and O–H groups in total. The fourth-order valence-corrected chi connectivity index (χ4v) is 2.04. The van der Waals surface area contributed by atoms with E-state index in [4.69, 9.17) is 0 Å². The molecule has 0 unspecified atom stereocenters. The second kappa shape index (κ2) is 8.80. The van der Waals surface area contributed by atoms with Gasteiger partial charge in [0.25, 0.3) is 0 Å². The summed E-state index contributed by atoms with van der Waals surface area (Å²) in [6.07, 6.45) is -3.39. The number of methoxy groups -OCH3 is 1. The third kappa shape index (κ3) is 5.66. The van der Waals surface area contributed by atoms with Gasteiger partial charge in [-0.1, -0.05) is 18.2 Å². The number of alkyl halides is 3. The van der Waals surface area contributed by atoms with Crippen LogP contribution in [0.3, 0.4) is 0 Å². The Morgan fingerprint density at radius 2 is 1.75 bits per heavy atom. The first kappa shape index (κ1) is 20.6. The molecule has 0 atom stereocenters. The van der Waals surface area contributed by atoms with Crippen LogP contribution in [0.5, 0.6) is 0 Å². The monoisotopic (exact) mass is 393 g/mol. The van der Waals surface area contributed by atoms with Gasteiger partial charge in [-0.15, -0.1) is 0 Å². The highest BCUT2D eigenvalue weighted by Gasteiger charge is 2.30. The molecule has 2 aromatic rings. The zero-order valence-electron chi connectivity index (χ0n) is 14.4. The van der Waals surface area contributed by atoms with E-state index in [-0.39, 0.29) is 11.3 Å². The van der Waals surface area contributed by atoms with Gasteiger partial charge in [0, 0.05) is 5.69 Å².